The van der Waals surface area contributed by atoms with Crippen LogP contribution in [0.1, 0.15) is 135 Å². The maximum atomic E-state index is 11.8. The van der Waals surface area contributed by atoms with Gasteiger partial charge < -0.3 is 31.4 Å². The molecule has 0 heterocycles. The summed E-state index contributed by atoms with van der Waals surface area (Å²) in [5, 5.41) is 20.9. The summed E-state index contributed by atoms with van der Waals surface area (Å²) in [6.45, 7) is 11.3. The number of carbonyl (C=O) groups is 3. The van der Waals surface area contributed by atoms with Crippen LogP contribution in [0.2, 0.25) is 0 Å². The van der Waals surface area contributed by atoms with Gasteiger partial charge in [-0.2, -0.15) is 5.26 Å². The van der Waals surface area contributed by atoms with Crippen LogP contribution in [0.15, 0.2) is 36.4 Å². The van der Waals surface area contributed by atoms with E-state index < -0.39 is 17.7 Å². The topological polar surface area (TPSA) is 178 Å². The molecule has 3 aromatic carbocycles. The molecule has 0 saturated heterocycles. The fraction of sp³-hybridized carbons (Fsp3) is 0.436. The summed E-state index contributed by atoms with van der Waals surface area (Å²) in [6.07, 6.45) is 5.12. The Morgan fingerprint density at radius 3 is 1.75 bits per heavy atom. The predicted octanol–water partition coefficient (Wildman–Crippen LogP) is 7.59. The zero-order valence-electron chi connectivity index (χ0n) is 30.3. The maximum Gasteiger partial charge on any atom is 0.408 e. The zero-order valence-corrected chi connectivity index (χ0v) is 32.0. The van der Waals surface area contributed by atoms with Gasteiger partial charge in [0, 0.05) is 12.1 Å². The number of halogens is 2. The lowest BCUT2D eigenvalue weighted by Crippen LogP contribution is -2.34. The third-order valence-electron chi connectivity index (χ3n) is 9.62. The van der Waals surface area contributed by atoms with E-state index in [2.05, 4.69) is 11.4 Å². The molecule has 0 saturated carbocycles. The third-order valence-corrected chi connectivity index (χ3v) is 9.62. The lowest BCUT2D eigenvalue weighted by molar-refractivity contribution is 0.0502. The molecule has 6 N–H and O–H groups in total. The number of hydrogen-bond acceptors (Lipinski definition) is 8. The van der Waals surface area contributed by atoms with Crippen LogP contribution in [-0.4, -0.2) is 35.8 Å². The highest BCUT2D eigenvalue weighted by Crippen LogP contribution is 2.36. The number of carbonyl (C=O) groups excluding carboxylic acids is 2. The van der Waals surface area contributed by atoms with Crippen LogP contribution in [0.5, 0.6) is 0 Å². The molecule has 0 fully saturated rings. The summed E-state index contributed by atoms with van der Waals surface area (Å²) in [5.41, 5.74) is 23.0. The summed E-state index contributed by atoms with van der Waals surface area (Å²) in [6, 6.07) is 13.4. The number of benzene rings is 3. The Hall–Kier alpha value is -4.14. The molecule has 276 valence electrons. The van der Waals surface area contributed by atoms with Crippen LogP contribution >= 0.6 is 24.8 Å². The van der Waals surface area contributed by atoms with Crippen molar-refractivity contribution in [2.45, 2.75) is 104 Å². The van der Waals surface area contributed by atoms with Gasteiger partial charge in [0.1, 0.15) is 5.60 Å². The van der Waals surface area contributed by atoms with E-state index in [0.29, 0.717) is 16.7 Å². The van der Waals surface area contributed by atoms with E-state index in [9.17, 15) is 14.4 Å². The summed E-state index contributed by atoms with van der Waals surface area (Å²) >= 11 is 0. The minimum atomic E-state index is -0.856. The molecule has 0 aromatic heterocycles. The van der Waals surface area contributed by atoms with Gasteiger partial charge in [-0.1, -0.05) is 18.2 Å². The zero-order chi connectivity index (χ0) is 36.2. The van der Waals surface area contributed by atoms with Crippen LogP contribution in [0.3, 0.4) is 0 Å². The standard InChI is InChI=1S/C16H20N2O2.C12H15NO2.C11H13NO2.2ClH/c1-10-11(9-17)5-6-13-12(10)7-8-14(13)18-15(19)20-16(2,3)4;1-7-8-5-6-11(13)10(8)4-3-9(7)12(14)15-2;1-6-7-4-5-10(12)9(7)3-2-8(6)11(13)14;;/h5-6,14H,7-8H2,1-4H3,(H,18,19);3-4,11H,5-6,13H2,1-2H3;2-3,10H,4-5,12H2,1H3,(H,13,14);2*1H/t14-;11-;10-;;/m000../s1. The van der Waals surface area contributed by atoms with E-state index in [4.69, 9.17) is 31.3 Å². The van der Waals surface area contributed by atoms with Gasteiger partial charge in [-0.15, -0.1) is 24.8 Å². The Bertz CT molecular complexity index is 1810. The molecule has 0 radical (unpaired) electrons. The van der Waals surface area contributed by atoms with E-state index in [1.807, 2.05) is 71.9 Å². The summed E-state index contributed by atoms with van der Waals surface area (Å²) < 4.78 is 10.0. The quantitative estimate of drug-likeness (QED) is 0.197. The van der Waals surface area contributed by atoms with Crippen molar-refractivity contribution in [2.24, 2.45) is 11.5 Å². The van der Waals surface area contributed by atoms with Gasteiger partial charge in [-0.3, -0.25) is 0 Å². The minimum Gasteiger partial charge on any atom is -0.478 e. The fourth-order valence-corrected chi connectivity index (χ4v) is 6.99. The number of methoxy groups -OCH3 is 1. The van der Waals surface area contributed by atoms with E-state index in [-0.39, 0.29) is 48.9 Å². The van der Waals surface area contributed by atoms with E-state index in [0.717, 1.165) is 71.9 Å². The van der Waals surface area contributed by atoms with Gasteiger partial charge >= 0.3 is 18.0 Å². The normalized spacial score (nSPS) is 17.6. The van der Waals surface area contributed by atoms with E-state index in [1.165, 1.54) is 23.8 Å². The molecule has 10 nitrogen and oxygen atoms in total. The van der Waals surface area contributed by atoms with Crippen molar-refractivity contribution in [1.29, 1.82) is 5.26 Å². The van der Waals surface area contributed by atoms with Gasteiger partial charge in [0.05, 0.1) is 35.9 Å². The smallest absolute Gasteiger partial charge is 0.408 e. The molecule has 51 heavy (non-hydrogen) atoms. The van der Waals surface area contributed by atoms with Crippen molar-refractivity contribution in [2.75, 3.05) is 7.11 Å². The molecule has 12 heteroatoms. The monoisotopic (exact) mass is 740 g/mol. The summed E-state index contributed by atoms with van der Waals surface area (Å²) in [7, 11) is 1.40. The fourth-order valence-electron chi connectivity index (χ4n) is 6.99. The van der Waals surface area contributed by atoms with Gasteiger partial charge in [0.25, 0.3) is 0 Å². The Balaban J connectivity index is 0.000000265. The van der Waals surface area contributed by atoms with Crippen molar-refractivity contribution in [3.63, 3.8) is 0 Å². The highest BCUT2D eigenvalue weighted by Gasteiger charge is 2.28. The third kappa shape index (κ3) is 9.80. The number of carboxylic acids is 1. The SMILES string of the molecule is COC(=O)c1ccc2c(c1C)CC[C@@H]2N.Cc1c(C#N)ccc2c1CC[C@@H]2NC(=O)OC(C)(C)C.Cc1c(C(=O)O)ccc2c1CC[C@@H]2N.Cl.Cl. The van der Waals surface area contributed by atoms with E-state index in [1.54, 1.807) is 6.07 Å². The number of hydrogen-bond donors (Lipinski definition) is 4. The van der Waals surface area contributed by atoms with E-state index >= 15 is 0 Å². The molecule has 3 atom stereocenters. The molecule has 0 aliphatic heterocycles. The number of fused-ring (bicyclic) bond motifs is 3. The Labute approximate surface area is 313 Å². The van der Waals surface area contributed by atoms with Gasteiger partial charge in [-0.05, 0) is 148 Å². The Morgan fingerprint density at radius 2 is 1.25 bits per heavy atom. The molecular formula is C39H50Cl2N4O6. The lowest BCUT2D eigenvalue weighted by Gasteiger charge is -2.22. The molecule has 6 rings (SSSR count). The molecule has 0 spiro atoms. The first-order valence-corrected chi connectivity index (χ1v) is 16.7. The van der Waals surface area contributed by atoms with Crippen LogP contribution in [0.4, 0.5) is 4.79 Å². The second kappa shape index (κ2) is 17.9. The molecule has 3 aromatic rings. The number of nitrogens with two attached hydrogens (primary N) is 2. The second-order valence-corrected chi connectivity index (χ2v) is 13.9. The Morgan fingerprint density at radius 1 is 0.784 bits per heavy atom. The molecule has 1 amide bonds. The average molecular weight is 742 g/mol. The van der Waals surface area contributed by atoms with Crippen LogP contribution in [0, 0.1) is 32.1 Å². The van der Waals surface area contributed by atoms with Gasteiger partial charge in [-0.25, -0.2) is 14.4 Å². The van der Waals surface area contributed by atoms with Gasteiger partial charge in [0.2, 0.25) is 0 Å². The number of rotatable bonds is 3. The lowest BCUT2D eigenvalue weighted by atomic mass is 9.98. The van der Waals surface area contributed by atoms with Crippen molar-refractivity contribution in [3.8, 4) is 6.07 Å². The largest absolute Gasteiger partial charge is 0.478 e. The summed E-state index contributed by atoms with van der Waals surface area (Å²) in [5.74, 6) is -1.12. The molecule has 0 unspecified atom stereocenters. The number of amides is 1. The predicted molar refractivity (Wildman–Crippen MR) is 202 cm³/mol. The molecule has 3 aliphatic rings. The van der Waals surface area contributed by atoms with Crippen LogP contribution < -0.4 is 16.8 Å². The van der Waals surface area contributed by atoms with Crippen LogP contribution in [0.25, 0.3) is 0 Å². The number of carboxylic acid groups (broad SMARTS) is 1. The highest BCUT2D eigenvalue weighted by atomic mass is 35.5. The molecular weight excluding hydrogens is 691 g/mol. The molecule has 3 aliphatic carbocycles. The van der Waals surface area contributed by atoms with Gasteiger partial charge in [0.15, 0.2) is 0 Å². The first-order valence-electron chi connectivity index (χ1n) is 16.7. The Kier molecular flexibility index (Phi) is 15.1. The first kappa shape index (κ1) is 43.0. The number of alkyl carbamates (subject to hydrolysis) is 1. The number of nitrogens with zero attached hydrogens (tertiary/aromatic N) is 1. The van der Waals surface area contributed by atoms with Crippen molar-refractivity contribution in [3.05, 3.63) is 103 Å². The second-order valence-electron chi connectivity index (χ2n) is 13.9. The van der Waals surface area contributed by atoms with Crippen molar-refractivity contribution >= 4 is 42.8 Å². The first-order chi connectivity index (χ1) is 23.1. The van der Waals surface area contributed by atoms with Crippen molar-refractivity contribution < 1.29 is 29.0 Å². The number of aromatic carboxylic acids is 1. The number of esters is 1. The maximum absolute atomic E-state index is 11.8. The molecule has 0 bridgehead atoms. The number of nitriles is 1. The summed E-state index contributed by atoms with van der Waals surface area (Å²) in [4.78, 5) is 34.2. The minimum absolute atomic E-state index is 0. The number of nitrogens with one attached hydrogen (secondary N) is 1. The number of ether oxygens (including phenoxy) is 2. The highest BCUT2D eigenvalue weighted by molar-refractivity contribution is 5.91. The van der Waals surface area contributed by atoms with Crippen LogP contribution in [-0.2, 0) is 28.7 Å². The van der Waals surface area contributed by atoms with Crippen molar-refractivity contribution in [1.82, 2.24) is 5.32 Å². The average Bonchev–Trinajstić information content (AvgIpc) is 3.75.